The Balaban J connectivity index is 1.43. The van der Waals surface area contributed by atoms with Gasteiger partial charge in [0.15, 0.2) is 11.5 Å². The summed E-state index contributed by atoms with van der Waals surface area (Å²) >= 11 is 0. The van der Waals surface area contributed by atoms with E-state index < -0.39 is 0 Å². The average Bonchev–Trinajstić information content (AvgIpc) is 3.63. The Labute approximate surface area is 200 Å². The predicted octanol–water partition coefficient (Wildman–Crippen LogP) is 5.09. The van der Waals surface area contributed by atoms with Crippen molar-refractivity contribution in [2.75, 3.05) is 0 Å². The van der Waals surface area contributed by atoms with Gasteiger partial charge in [-0.3, -0.25) is 0 Å². The van der Waals surface area contributed by atoms with Crippen molar-refractivity contribution in [3.8, 4) is 17.4 Å². The van der Waals surface area contributed by atoms with Gasteiger partial charge in [0.05, 0.1) is 34.7 Å². The molecule has 170 valence electrons. The van der Waals surface area contributed by atoms with Gasteiger partial charge in [-0.2, -0.15) is 5.10 Å². The van der Waals surface area contributed by atoms with Gasteiger partial charge in [0, 0.05) is 6.42 Å². The molecule has 2 aromatic carbocycles. The molecule has 1 atom stereocenters. The maximum absolute atomic E-state index is 6.41. The van der Waals surface area contributed by atoms with Crippen LogP contribution in [0.3, 0.4) is 0 Å². The summed E-state index contributed by atoms with van der Waals surface area (Å²) in [6.45, 7) is 1.99. The van der Waals surface area contributed by atoms with Gasteiger partial charge in [-0.1, -0.05) is 48.5 Å². The summed E-state index contributed by atoms with van der Waals surface area (Å²) in [4.78, 5) is 9.54. The van der Waals surface area contributed by atoms with Gasteiger partial charge in [0.2, 0.25) is 11.8 Å². The molecule has 0 radical (unpaired) electrons. The Hall–Kier alpha value is -4.72. The first kappa shape index (κ1) is 19.7. The van der Waals surface area contributed by atoms with Crippen molar-refractivity contribution in [1.82, 2.24) is 29.4 Å². The maximum Gasteiger partial charge on any atom is 0.230 e. The highest BCUT2D eigenvalue weighted by atomic mass is 16.5. The Morgan fingerprint density at radius 1 is 0.886 bits per heavy atom. The molecule has 6 aromatic rings. The standard InChI is InChI=1S/C27H20N6O2/c1-17-22-23(20-13-8-14-34-20)24-25-29-21(15-18-9-4-2-5-10-18)31-32(25)16-28-26(24)35-27(22)33(30-17)19-11-6-3-7-12-19/h2-14,16,23H,15H2,1H3/t23-/m1/s1. The van der Waals surface area contributed by atoms with E-state index in [4.69, 9.17) is 24.3 Å². The van der Waals surface area contributed by atoms with Crippen molar-refractivity contribution < 1.29 is 9.15 Å². The van der Waals surface area contributed by atoms with Crippen LogP contribution in [-0.4, -0.2) is 29.4 Å². The molecule has 0 fully saturated rings. The number of benzene rings is 2. The van der Waals surface area contributed by atoms with Crippen molar-refractivity contribution in [2.45, 2.75) is 19.3 Å². The third-order valence-corrected chi connectivity index (χ3v) is 6.30. The molecule has 1 aliphatic rings. The zero-order valence-corrected chi connectivity index (χ0v) is 18.9. The number of para-hydroxylation sites is 1. The molecule has 0 N–H and O–H groups in total. The topological polar surface area (TPSA) is 83.3 Å². The monoisotopic (exact) mass is 460 g/mol. The van der Waals surface area contributed by atoms with Crippen LogP contribution in [-0.2, 0) is 6.42 Å². The molecule has 5 heterocycles. The van der Waals surface area contributed by atoms with Gasteiger partial charge in [-0.05, 0) is 36.8 Å². The highest BCUT2D eigenvalue weighted by molar-refractivity contribution is 5.65. The first-order chi connectivity index (χ1) is 17.3. The molecule has 0 unspecified atom stereocenters. The summed E-state index contributed by atoms with van der Waals surface area (Å²) in [5.74, 6) is 2.30. The largest absolute Gasteiger partial charge is 0.468 e. The van der Waals surface area contributed by atoms with E-state index in [0.29, 0.717) is 29.7 Å². The summed E-state index contributed by atoms with van der Waals surface area (Å²) in [5.41, 5.74) is 5.34. The van der Waals surface area contributed by atoms with Gasteiger partial charge in [0.1, 0.15) is 12.1 Å². The summed E-state index contributed by atoms with van der Waals surface area (Å²) in [6, 6.07) is 24.0. The van der Waals surface area contributed by atoms with Crippen LogP contribution in [0.4, 0.5) is 0 Å². The molecule has 8 heteroatoms. The lowest BCUT2D eigenvalue weighted by Gasteiger charge is -2.24. The van der Waals surface area contributed by atoms with Crippen LogP contribution in [0.15, 0.2) is 89.8 Å². The van der Waals surface area contributed by atoms with E-state index in [2.05, 4.69) is 17.1 Å². The summed E-state index contributed by atoms with van der Waals surface area (Å²) in [6.07, 6.45) is 3.95. The van der Waals surface area contributed by atoms with Gasteiger partial charge in [0.25, 0.3) is 0 Å². The first-order valence-electron chi connectivity index (χ1n) is 11.4. The van der Waals surface area contributed by atoms with Crippen LogP contribution in [0.1, 0.15) is 39.9 Å². The minimum atomic E-state index is -0.286. The number of aromatic nitrogens is 6. The molecule has 0 bridgehead atoms. The van der Waals surface area contributed by atoms with Crippen molar-refractivity contribution in [3.05, 3.63) is 119 Å². The van der Waals surface area contributed by atoms with E-state index in [1.165, 1.54) is 0 Å². The van der Waals surface area contributed by atoms with Crippen LogP contribution in [0.5, 0.6) is 11.8 Å². The molecular formula is C27H20N6O2. The van der Waals surface area contributed by atoms with Gasteiger partial charge >= 0.3 is 0 Å². The SMILES string of the molecule is Cc1nn(-c2ccccc2)c2c1[C@@H](c1ccco1)c1c(ncn3nc(Cc4ccccc4)nc13)O2. The number of aryl methyl sites for hydroxylation is 1. The summed E-state index contributed by atoms with van der Waals surface area (Å²) in [7, 11) is 0. The second-order valence-electron chi connectivity index (χ2n) is 8.52. The van der Waals surface area contributed by atoms with Gasteiger partial charge in [-0.15, -0.1) is 5.10 Å². The van der Waals surface area contributed by atoms with Crippen molar-refractivity contribution in [3.63, 3.8) is 0 Å². The third-order valence-electron chi connectivity index (χ3n) is 6.30. The van der Waals surface area contributed by atoms with Crippen LogP contribution in [0.25, 0.3) is 11.3 Å². The predicted molar refractivity (Wildman–Crippen MR) is 128 cm³/mol. The van der Waals surface area contributed by atoms with E-state index in [0.717, 1.165) is 33.8 Å². The van der Waals surface area contributed by atoms with E-state index in [9.17, 15) is 0 Å². The molecule has 4 aromatic heterocycles. The first-order valence-corrected chi connectivity index (χ1v) is 11.4. The maximum atomic E-state index is 6.41. The normalized spacial score (nSPS) is 14.5. The highest BCUT2D eigenvalue weighted by Gasteiger charge is 2.39. The Kier molecular flexibility index (Phi) is 4.32. The van der Waals surface area contributed by atoms with Crippen LogP contribution >= 0.6 is 0 Å². The average molecular weight is 460 g/mol. The quantitative estimate of drug-likeness (QED) is 0.364. The molecular weight excluding hydrogens is 440 g/mol. The third kappa shape index (κ3) is 3.14. The van der Waals surface area contributed by atoms with Gasteiger partial charge < -0.3 is 9.15 Å². The number of nitrogens with zero attached hydrogens (tertiary/aromatic N) is 6. The molecule has 0 amide bonds. The van der Waals surface area contributed by atoms with Crippen molar-refractivity contribution in [2.24, 2.45) is 0 Å². The number of fused-ring (bicyclic) bond motifs is 4. The summed E-state index contributed by atoms with van der Waals surface area (Å²) < 4.78 is 15.9. The number of hydrogen-bond acceptors (Lipinski definition) is 6. The molecule has 1 aliphatic heterocycles. The zero-order chi connectivity index (χ0) is 23.4. The van der Waals surface area contributed by atoms with Crippen LogP contribution in [0.2, 0.25) is 0 Å². The zero-order valence-electron chi connectivity index (χ0n) is 18.9. The van der Waals surface area contributed by atoms with E-state index in [1.54, 1.807) is 17.1 Å². The highest BCUT2D eigenvalue weighted by Crippen LogP contribution is 2.49. The second kappa shape index (κ2) is 7.66. The van der Waals surface area contributed by atoms with E-state index in [1.807, 2.05) is 72.3 Å². The molecule has 0 spiro atoms. The Morgan fingerprint density at radius 3 is 2.46 bits per heavy atom. The lowest BCUT2D eigenvalue weighted by Crippen LogP contribution is -2.15. The van der Waals surface area contributed by atoms with E-state index in [-0.39, 0.29) is 5.92 Å². The van der Waals surface area contributed by atoms with Crippen LogP contribution < -0.4 is 4.74 Å². The number of ether oxygens (including phenoxy) is 1. The fourth-order valence-corrected chi connectivity index (χ4v) is 4.76. The van der Waals surface area contributed by atoms with Gasteiger partial charge in [-0.25, -0.2) is 19.2 Å². The molecule has 7 rings (SSSR count). The minimum absolute atomic E-state index is 0.286. The van der Waals surface area contributed by atoms with Crippen molar-refractivity contribution in [1.29, 1.82) is 0 Å². The number of furan rings is 1. The molecule has 0 aliphatic carbocycles. The van der Waals surface area contributed by atoms with Crippen molar-refractivity contribution >= 4 is 5.65 Å². The van der Waals surface area contributed by atoms with E-state index >= 15 is 0 Å². The molecule has 8 nitrogen and oxygen atoms in total. The summed E-state index contributed by atoms with van der Waals surface area (Å²) in [5, 5.41) is 9.53. The minimum Gasteiger partial charge on any atom is -0.468 e. The number of hydrogen-bond donors (Lipinski definition) is 0. The number of rotatable bonds is 4. The second-order valence-corrected chi connectivity index (χ2v) is 8.52. The lowest BCUT2D eigenvalue weighted by atomic mass is 9.88. The molecule has 0 saturated carbocycles. The van der Waals surface area contributed by atoms with Crippen LogP contribution in [0, 0.1) is 6.92 Å². The molecule has 0 saturated heterocycles. The Morgan fingerprint density at radius 2 is 1.69 bits per heavy atom. The Bertz CT molecular complexity index is 1650. The fraction of sp³-hybridized carbons (Fsp3) is 0.111. The smallest absolute Gasteiger partial charge is 0.230 e. The molecule has 35 heavy (non-hydrogen) atoms. The fourth-order valence-electron chi connectivity index (χ4n) is 4.76. The lowest BCUT2D eigenvalue weighted by molar-refractivity contribution is 0.392.